The van der Waals surface area contributed by atoms with Crippen molar-refractivity contribution in [1.29, 1.82) is 5.26 Å². The molecule has 2 amide bonds. The Balaban J connectivity index is 1.53. The zero-order chi connectivity index (χ0) is 26.1. The maximum absolute atomic E-state index is 13.3. The summed E-state index contributed by atoms with van der Waals surface area (Å²) >= 11 is 0. The van der Waals surface area contributed by atoms with Gasteiger partial charge in [0.15, 0.2) is 0 Å². The number of nitrogens with one attached hydrogen (secondary N) is 1. The van der Waals surface area contributed by atoms with Crippen molar-refractivity contribution in [2.45, 2.75) is 57.1 Å². The fourth-order valence-electron chi connectivity index (χ4n) is 4.95. The van der Waals surface area contributed by atoms with Crippen LogP contribution >= 0.6 is 0 Å². The molecule has 196 valence electrons. The Morgan fingerprint density at radius 1 is 1.25 bits per heavy atom. The molecule has 0 aliphatic carbocycles. The molecule has 11 heteroatoms. The lowest BCUT2D eigenvalue weighted by Gasteiger charge is -2.42. The van der Waals surface area contributed by atoms with Crippen molar-refractivity contribution in [3.05, 3.63) is 35.9 Å². The minimum Gasteiger partial charge on any atom is -0.447 e. The number of benzene rings is 1. The fraction of sp³-hybridized carbons (Fsp3) is 0.640. The molecule has 1 unspecified atom stereocenters. The van der Waals surface area contributed by atoms with E-state index in [1.807, 2.05) is 44.2 Å². The Hall–Kier alpha value is -2.65. The summed E-state index contributed by atoms with van der Waals surface area (Å²) in [5, 5.41) is 31.7. The lowest BCUT2D eigenvalue weighted by atomic mass is 9.76. The monoisotopic (exact) mass is 500 g/mol. The summed E-state index contributed by atoms with van der Waals surface area (Å²) < 4.78 is 10.8. The van der Waals surface area contributed by atoms with Crippen LogP contribution in [0.2, 0.25) is 0 Å². The van der Waals surface area contributed by atoms with E-state index in [9.17, 15) is 24.9 Å². The third-order valence-corrected chi connectivity index (χ3v) is 7.05. The number of ether oxygens (including phenoxy) is 2. The van der Waals surface area contributed by atoms with E-state index in [2.05, 4.69) is 16.3 Å². The van der Waals surface area contributed by atoms with Crippen molar-refractivity contribution >= 4 is 19.1 Å². The van der Waals surface area contributed by atoms with E-state index in [0.717, 1.165) is 25.1 Å². The molecule has 10 nitrogen and oxygen atoms in total. The maximum Gasteiger partial charge on any atom is 0.475 e. The molecule has 2 aliphatic rings. The quantitative estimate of drug-likeness (QED) is 0.405. The predicted octanol–water partition coefficient (Wildman–Crippen LogP) is 0.968. The Labute approximate surface area is 213 Å². The SMILES string of the molecule is CC(C)(CC(C#N)C(=O)N1CCC[C@@H]1COC(=O)N[C@@H](Cc1ccccc1)B(O)O)N1CCOCC1. The van der Waals surface area contributed by atoms with E-state index in [4.69, 9.17) is 9.47 Å². The van der Waals surface area contributed by atoms with Crippen LogP contribution in [0.3, 0.4) is 0 Å². The summed E-state index contributed by atoms with van der Waals surface area (Å²) in [4.78, 5) is 29.6. The molecular formula is C25H37BN4O6. The molecule has 3 atom stereocenters. The summed E-state index contributed by atoms with van der Waals surface area (Å²) in [5.74, 6) is -1.97. The molecule has 1 aromatic rings. The number of nitrogens with zero attached hydrogens (tertiary/aromatic N) is 3. The van der Waals surface area contributed by atoms with Crippen molar-refractivity contribution in [2.24, 2.45) is 5.92 Å². The van der Waals surface area contributed by atoms with Gasteiger partial charge in [0, 0.05) is 25.2 Å². The summed E-state index contributed by atoms with van der Waals surface area (Å²) in [5.41, 5.74) is 0.510. The van der Waals surface area contributed by atoms with Gasteiger partial charge in [0.05, 0.1) is 31.3 Å². The van der Waals surface area contributed by atoms with Crippen LogP contribution in [0, 0.1) is 17.2 Å². The van der Waals surface area contributed by atoms with Crippen LogP contribution < -0.4 is 5.32 Å². The van der Waals surface area contributed by atoms with Gasteiger partial charge < -0.3 is 29.7 Å². The van der Waals surface area contributed by atoms with E-state index in [1.165, 1.54) is 0 Å². The average Bonchev–Trinajstić information content (AvgIpc) is 3.35. The Kier molecular flexibility index (Phi) is 10.1. The van der Waals surface area contributed by atoms with Crippen LogP contribution in [0.15, 0.2) is 30.3 Å². The molecule has 3 rings (SSSR count). The van der Waals surface area contributed by atoms with Gasteiger partial charge in [-0.2, -0.15) is 5.26 Å². The third kappa shape index (κ3) is 7.67. The first-order valence-electron chi connectivity index (χ1n) is 12.6. The summed E-state index contributed by atoms with van der Waals surface area (Å²) in [6, 6.07) is 11.0. The molecule has 36 heavy (non-hydrogen) atoms. The number of carbonyl (C=O) groups is 2. The molecular weight excluding hydrogens is 463 g/mol. The molecule has 2 heterocycles. The van der Waals surface area contributed by atoms with Crippen LogP contribution in [0.1, 0.15) is 38.7 Å². The van der Waals surface area contributed by atoms with Crippen molar-refractivity contribution in [3.63, 3.8) is 0 Å². The molecule has 0 aromatic heterocycles. The number of likely N-dealkylation sites (tertiary alicyclic amines) is 1. The highest BCUT2D eigenvalue weighted by molar-refractivity contribution is 6.43. The molecule has 0 saturated carbocycles. The van der Waals surface area contributed by atoms with Gasteiger partial charge in [-0.3, -0.25) is 9.69 Å². The molecule has 2 saturated heterocycles. The van der Waals surface area contributed by atoms with Crippen LogP contribution in [-0.4, -0.2) is 95.9 Å². The Morgan fingerprint density at radius 3 is 2.58 bits per heavy atom. The zero-order valence-corrected chi connectivity index (χ0v) is 21.1. The smallest absolute Gasteiger partial charge is 0.447 e. The first-order chi connectivity index (χ1) is 17.2. The fourth-order valence-corrected chi connectivity index (χ4v) is 4.95. The van der Waals surface area contributed by atoms with E-state index < -0.39 is 25.1 Å². The van der Waals surface area contributed by atoms with E-state index in [1.54, 1.807) is 4.90 Å². The lowest BCUT2D eigenvalue weighted by molar-refractivity contribution is -0.136. The number of nitriles is 1. The summed E-state index contributed by atoms with van der Waals surface area (Å²) in [6.07, 6.45) is 1.28. The van der Waals surface area contributed by atoms with Crippen LogP contribution in [0.4, 0.5) is 4.79 Å². The van der Waals surface area contributed by atoms with Crippen LogP contribution in [0.25, 0.3) is 0 Å². The maximum atomic E-state index is 13.3. The Morgan fingerprint density at radius 2 is 1.94 bits per heavy atom. The normalized spacial score (nSPS) is 20.3. The highest BCUT2D eigenvalue weighted by Crippen LogP contribution is 2.28. The predicted molar refractivity (Wildman–Crippen MR) is 134 cm³/mol. The topological polar surface area (TPSA) is 135 Å². The van der Waals surface area contributed by atoms with Crippen molar-refractivity contribution in [3.8, 4) is 6.07 Å². The van der Waals surface area contributed by atoms with Gasteiger partial charge in [0.1, 0.15) is 12.5 Å². The number of hydrogen-bond donors (Lipinski definition) is 3. The van der Waals surface area contributed by atoms with Gasteiger partial charge in [-0.1, -0.05) is 30.3 Å². The molecule has 2 fully saturated rings. The number of morpholine rings is 1. The van der Waals surface area contributed by atoms with Gasteiger partial charge in [0.2, 0.25) is 5.91 Å². The minimum atomic E-state index is -1.76. The zero-order valence-electron chi connectivity index (χ0n) is 21.1. The molecule has 0 spiro atoms. The van der Waals surface area contributed by atoms with Gasteiger partial charge >= 0.3 is 13.2 Å². The number of alkyl carbamates (subject to hydrolysis) is 1. The number of rotatable bonds is 10. The highest BCUT2D eigenvalue weighted by atomic mass is 16.5. The largest absolute Gasteiger partial charge is 0.475 e. The van der Waals surface area contributed by atoms with E-state index in [0.29, 0.717) is 32.6 Å². The summed E-state index contributed by atoms with van der Waals surface area (Å²) in [7, 11) is -1.76. The minimum absolute atomic E-state index is 0.0256. The van der Waals surface area contributed by atoms with Crippen LogP contribution in [-0.2, 0) is 20.7 Å². The third-order valence-electron chi connectivity index (χ3n) is 7.05. The van der Waals surface area contributed by atoms with Crippen LogP contribution in [0.5, 0.6) is 0 Å². The molecule has 0 radical (unpaired) electrons. The van der Waals surface area contributed by atoms with E-state index >= 15 is 0 Å². The Bertz CT molecular complexity index is 904. The van der Waals surface area contributed by atoms with Gasteiger partial charge in [-0.05, 0) is 45.1 Å². The number of carbonyl (C=O) groups excluding carboxylic acids is 2. The first-order valence-corrected chi connectivity index (χ1v) is 12.6. The van der Waals surface area contributed by atoms with Gasteiger partial charge in [-0.25, -0.2) is 4.79 Å². The average molecular weight is 500 g/mol. The summed E-state index contributed by atoms with van der Waals surface area (Å²) in [6.45, 7) is 7.39. The van der Waals surface area contributed by atoms with Crippen molar-refractivity contribution in [1.82, 2.24) is 15.1 Å². The second kappa shape index (κ2) is 13.1. The standard InChI is InChI=1S/C25H37BN4O6/c1-25(2,29-11-13-35-14-12-29)16-20(17-27)23(31)30-10-6-9-21(30)18-36-24(32)28-22(26(33)34)15-19-7-4-3-5-8-19/h3-5,7-8,20-22,33-34H,6,9-16,18H2,1-2H3,(H,28,32)/t20?,21-,22+/m1/s1. The highest BCUT2D eigenvalue weighted by Gasteiger charge is 2.39. The molecule has 0 bridgehead atoms. The first kappa shape index (κ1) is 27.9. The molecule has 2 aliphatic heterocycles. The molecule has 3 N–H and O–H groups in total. The van der Waals surface area contributed by atoms with Crippen molar-refractivity contribution < 1.29 is 29.1 Å². The second-order valence-corrected chi connectivity index (χ2v) is 10.1. The number of hydrogen-bond acceptors (Lipinski definition) is 8. The van der Waals surface area contributed by atoms with Gasteiger partial charge in [0.25, 0.3) is 0 Å². The molecule has 1 aromatic carbocycles. The van der Waals surface area contributed by atoms with Crippen molar-refractivity contribution in [2.75, 3.05) is 39.5 Å². The van der Waals surface area contributed by atoms with Gasteiger partial charge in [-0.15, -0.1) is 0 Å². The lowest BCUT2D eigenvalue weighted by Crippen LogP contribution is -2.52. The number of amides is 2. The van der Waals surface area contributed by atoms with E-state index in [-0.39, 0.29) is 30.5 Å². The second-order valence-electron chi connectivity index (χ2n) is 10.1.